The van der Waals surface area contributed by atoms with Gasteiger partial charge in [-0.1, -0.05) is 23.9 Å². The molecule has 0 saturated heterocycles. The number of hydrogen-bond acceptors (Lipinski definition) is 5. The molecule has 0 radical (unpaired) electrons. The lowest BCUT2D eigenvalue weighted by Crippen LogP contribution is -2.30. The van der Waals surface area contributed by atoms with Gasteiger partial charge < -0.3 is 15.0 Å². The van der Waals surface area contributed by atoms with Crippen molar-refractivity contribution in [1.29, 1.82) is 0 Å². The van der Waals surface area contributed by atoms with Crippen LogP contribution in [0.1, 0.15) is 30.2 Å². The SMILES string of the molecule is Cc1cc(=O)[nH]c(S[C@H](C)C(=O)NCc2ccc3c(c2)CCCO3)n1. The highest BCUT2D eigenvalue weighted by Crippen LogP contribution is 2.25. The number of aromatic nitrogens is 2. The van der Waals surface area contributed by atoms with Gasteiger partial charge in [-0.2, -0.15) is 0 Å². The quantitative estimate of drug-likeness (QED) is 0.632. The number of thioether (sulfide) groups is 1. The van der Waals surface area contributed by atoms with E-state index in [4.69, 9.17) is 4.74 Å². The zero-order valence-corrected chi connectivity index (χ0v) is 15.1. The lowest BCUT2D eigenvalue weighted by Gasteiger charge is -2.18. The van der Waals surface area contributed by atoms with Crippen molar-refractivity contribution in [3.8, 4) is 5.75 Å². The van der Waals surface area contributed by atoms with E-state index in [-0.39, 0.29) is 16.7 Å². The third-order valence-corrected chi connectivity index (χ3v) is 4.93. The first-order valence-corrected chi connectivity index (χ1v) is 9.16. The van der Waals surface area contributed by atoms with E-state index < -0.39 is 0 Å². The minimum atomic E-state index is -0.356. The largest absolute Gasteiger partial charge is 0.493 e. The summed E-state index contributed by atoms with van der Waals surface area (Å²) < 4.78 is 5.60. The third-order valence-electron chi connectivity index (χ3n) is 3.95. The molecule has 0 fully saturated rings. The summed E-state index contributed by atoms with van der Waals surface area (Å²) >= 11 is 1.24. The standard InChI is InChI=1S/C18H21N3O3S/c1-11-8-16(22)21-18(20-11)25-12(2)17(23)19-10-13-5-6-15-14(9-13)4-3-7-24-15/h5-6,8-9,12H,3-4,7,10H2,1-2H3,(H,19,23)(H,20,21,22)/t12-/m1/s1. The van der Waals surface area contributed by atoms with Crippen molar-refractivity contribution >= 4 is 17.7 Å². The Morgan fingerprint density at radius 3 is 3.08 bits per heavy atom. The highest BCUT2D eigenvalue weighted by atomic mass is 32.2. The van der Waals surface area contributed by atoms with Crippen LogP contribution in [-0.2, 0) is 17.8 Å². The van der Waals surface area contributed by atoms with E-state index in [0.717, 1.165) is 30.8 Å². The van der Waals surface area contributed by atoms with Crippen molar-refractivity contribution in [3.05, 3.63) is 51.4 Å². The fourth-order valence-electron chi connectivity index (χ4n) is 2.68. The van der Waals surface area contributed by atoms with Gasteiger partial charge in [0.1, 0.15) is 5.75 Å². The summed E-state index contributed by atoms with van der Waals surface area (Å²) in [6.45, 7) is 4.79. The number of fused-ring (bicyclic) bond motifs is 1. The first-order valence-electron chi connectivity index (χ1n) is 8.28. The Balaban J connectivity index is 1.57. The fraction of sp³-hybridized carbons (Fsp3) is 0.389. The number of carbonyl (C=O) groups is 1. The van der Waals surface area contributed by atoms with Crippen molar-refractivity contribution in [2.24, 2.45) is 0 Å². The summed E-state index contributed by atoms with van der Waals surface area (Å²) in [5, 5.41) is 3.04. The zero-order chi connectivity index (χ0) is 17.8. The minimum absolute atomic E-state index is 0.0943. The molecule has 0 spiro atoms. The van der Waals surface area contributed by atoms with Gasteiger partial charge in [-0.3, -0.25) is 9.59 Å². The van der Waals surface area contributed by atoms with Gasteiger partial charge in [-0.15, -0.1) is 0 Å². The molecular formula is C18H21N3O3S. The lowest BCUT2D eigenvalue weighted by atomic mass is 10.0. The molecule has 0 saturated carbocycles. The van der Waals surface area contributed by atoms with Gasteiger partial charge in [0.05, 0.1) is 11.9 Å². The second-order valence-corrected chi connectivity index (χ2v) is 7.39. The number of nitrogens with zero attached hydrogens (tertiary/aromatic N) is 1. The molecule has 2 aromatic rings. The number of aromatic amines is 1. The molecule has 1 aliphatic heterocycles. The maximum atomic E-state index is 12.3. The van der Waals surface area contributed by atoms with Gasteiger partial charge in [0.25, 0.3) is 5.56 Å². The third kappa shape index (κ3) is 4.63. The molecule has 6 nitrogen and oxygen atoms in total. The molecule has 1 aromatic carbocycles. The molecule has 0 bridgehead atoms. The van der Waals surface area contributed by atoms with Crippen LogP contribution in [0.4, 0.5) is 0 Å². The van der Waals surface area contributed by atoms with Gasteiger partial charge >= 0.3 is 0 Å². The highest BCUT2D eigenvalue weighted by Gasteiger charge is 2.16. The van der Waals surface area contributed by atoms with Crippen LogP contribution in [0.3, 0.4) is 0 Å². The lowest BCUT2D eigenvalue weighted by molar-refractivity contribution is -0.120. The summed E-state index contributed by atoms with van der Waals surface area (Å²) in [7, 11) is 0. The van der Waals surface area contributed by atoms with Gasteiger partial charge in [0.15, 0.2) is 5.16 Å². The van der Waals surface area contributed by atoms with Crippen LogP contribution in [0.5, 0.6) is 5.75 Å². The van der Waals surface area contributed by atoms with Crippen LogP contribution >= 0.6 is 11.8 Å². The Hall–Kier alpha value is -2.28. The van der Waals surface area contributed by atoms with E-state index in [0.29, 0.717) is 17.4 Å². The average Bonchev–Trinajstić information content (AvgIpc) is 2.58. The van der Waals surface area contributed by atoms with Crippen LogP contribution in [0.2, 0.25) is 0 Å². The van der Waals surface area contributed by atoms with Crippen molar-refractivity contribution in [1.82, 2.24) is 15.3 Å². The Morgan fingerprint density at radius 2 is 2.28 bits per heavy atom. The van der Waals surface area contributed by atoms with E-state index in [1.165, 1.54) is 23.4 Å². The van der Waals surface area contributed by atoms with E-state index in [1.54, 1.807) is 13.8 Å². The molecule has 25 heavy (non-hydrogen) atoms. The Morgan fingerprint density at radius 1 is 1.44 bits per heavy atom. The number of amides is 1. The molecular weight excluding hydrogens is 338 g/mol. The van der Waals surface area contributed by atoms with Crippen molar-refractivity contribution in [2.45, 2.75) is 43.6 Å². The topological polar surface area (TPSA) is 84.1 Å². The number of aryl methyl sites for hydroxylation is 2. The molecule has 0 aliphatic carbocycles. The second kappa shape index (κ2) is 7.74. The normalized spacial score (nSPS) is 14.3. The number of rotatable bonds is 5. The number of H-pyrrole nitrogens is 1. The van der Waals surface area contributed by atoms with Crippen LogP contribution in [0.25, 0.3) is 0 Å². The number of benzene rings is 1. The van der Waals surface area contributed by atoms with Gasteiger partial charge in [-0.25, -0.2) is 4.98 Å². The number of ether oxygens (including phenoxy) is 1. The minimum Gasteiger partial charge on any atom is -0.493 e. The summed E-state index contributed by atoms with van der Waals surface area (Å²) in [5.74, 6) is 0.850. The molecule has 1 amide bonds. The summed E-state index contributed by atoms with van der Waals surface area (Å²) in [4.78, 5) is 30.7. The molecule has 2 N–H and O–H groups in total. The van der Waals surface area contributed by atoms with Gasteiger partial charge in [0, 0.05) is 18.3 Å². The van der Waals surface area contributed by atoms with E-state index in [2.05, 4.69) is 21.4 Å². The van der Waals surface area contributed by atoms with Crippen molar-refractivity contribution < 1.29 is 9.53 Å². The first-order chi connectivity index (χ1) is 12.0. The van der Waals surface area contributed by atoms with Crippen LogP contribution in [-0.4, -0.2) is 27.7 Å². The smallest absolute Gasteiger partial charge is 0.251 e. The summed E-state index contributed by atoms with van der Waals surface area (Å²) in [5.41, 5.74) is 2.67. The molecule has 1 aromatic heterocycles. The second-order valence-electron chi connectivity index (χ2n) is 6.06. The van der Waals surface area contributed by atoms with E-state index in [9.17, 15) is 9.59 Å². The maximum absolute atomic E-state index is 12.3. The molecule has 0 unspecified atom stereocenters. The molecule has 1 aliphatic rings. The predicted molar refractivity (Wildman–Crippen MR) is 97.0 cm³/mol. The Kier molecular flexibility index (Phi) is 5.43. The van der Waals surface area contributed by atoms with Gasteiger partial charge in [0.2, 0.25) is 5.91 Å². The molecule has 1 atom stereocenters. The number of hydrogen-bond donors (Lipinski definition) is 2. The molecule has 132 valence electrons. The van der Waals surface area contributed by atoms with E-state index >= 15 is 0 Å². The molecule has 7 heteroatoms. The van der Waals surface area contributed by atoms with Crippen LogP contribution in [0.15, 0.2) is 34.2 Å². The first kappa shape index (κ1) is 17.5. The zero-order valence-electron chi connectivity index (χ0n) is 14.3. The van der Waals surface area contributed by atoms with Crippen LogP contribution in [0, 0.1) is 6.92 Å². The van der Waals surface area contributed by atoms with Crippen molar-refractivity contribution in [3.63, 3.8) is 0 Å². The fourth-order valence-corrected chi connectivity index (χ4v) is 3.57. The number of carbonyl (C=O) groups excluding carboxylic acids is 1. The maximum Gasteiger partial charge on any atom is 0.251 e. The summed E-state index contributed by atoms with van der Waals surface area (Å²) in [6.07, 6.45) is 2.04. The van der Waals surface area contributed by atoms with Gasteiger partial charge in [-0.05, 0) is 43.9 Å². The highest BCUT2D eigenvalue weighted by molar-refractivity contribution is 8.00. The Bertz CT molecular complexity index is 835. The average molecular weight is 359 g/mol. The van der Waals surface area contributed by atoms with Crippen molar-refractivity contribution in [2.75, 3.05) is 6.61 Å². The molecule has 2 heterocycles. The monoisotopic (exact) mass is 359 g/mol. The predicted octanol–water partition coefficient (Wildman–Crippen LogP) is 2.20. The molecule has 3 rings (SSSR count). The summed E-state index contributed by atoms with van der Waals surface area (Å²) in [6, 6.07) is 7.46. The Labute approximate surface area is 150 Å². The van der Waals surface area contributed by atoms with E-state index in [1.807, 2.05) is 12.1 Å². The van der Waals surface area contributed by atoms with Crippen LogP contribution < -0.4 is 15.6 Å². The number of nitrogens with one attached hydrogen (secondary N) is 2.